The first-order valence-electron chi connectivity index (χ1n) is 6.46. The molecule has 0 aliphatic heterocycles. The Bertz CT molecular complexity index is 711. The summed E-state index contributed by atoms with van der Waals surface area (Å²) in [5.74, 6) is 0. The fraction of sp³-hybridized carbons (Fsp3) is 0.200. The van der Waals surface area contributed by atoms with Gasteiger partial charge in [-0.1, -0.05) is 18.2 Å². The van der Waals surface area contributed by atoms with Crippen molar-refractivity contribution in [2.24, 2.45) is 0 Å². The van der Waals surface area contributed by atoms with Crippen molar-refractivity contribution in [2.75, 3.05) is 6.54 Å². The van der Waals surface area contributed by atoms with Crippen LogP contribution in [0.2, 0.25) is 0 Å². The first-order chi connectivity index (χ1) is 9.81. The zero-order chi connectivity index (χ0) is 13.8. The van der Waals surface area contributed by atoms with Gasteiger partial charge in [0.25, 0.3) is 0 Å². The number of rotatable bonds is 5. The van der Waals surface area contributed by atoms with Crippen molar-refractivity contribution in [3.8, 4) is 0 Å². The van der Waals surface area contributed by atoms with Crippen molar-refractivity contribution < 1.29 is 0 Å². The lowest BCUT2D eigenvalue weighted by atomic mass is 10.1. The molecule has 3 nitrogen and oxygen atoms in total. The van der Waals surface area contributed by atoms with Crippen LogP contribution in [0, 0.1) is 0 Å². The molecule has 0 aliphatic rings. The first-order valence-corrected chi connectivity index (χ1v) is 8.07. The average Bonchev–Trinajstić information content (AvgIpc) is 2.89. The number of hydrogen-bond acceptors (Lipinski definition) is 4. The number of nitrogens with one attached hydrogen (secondary N) is 1. The summed E-state index contributed by atoms with van der Waals surface area (Å²) in [4.78, 5) is 8.70. The van der Waals surface area contributed by atoms with Gasteiger partial charge in [-0.2, -0.15) is 0 Å². The highest BCUT2D eigenvalue weighted by molar-refractivity contribution is 9.11. The SMILES string of the molecule is Brc1cnc(CCNCc2ccc3cccnc3c2)s1. The molecule has 0 atom stereocenters. The quantitative estimate of drug-likeness (QED) is 0.713. The Morgan fingerprint density at radius 1 is 1.20 bits per heavy atom. The summed E-state index contributed by atoms with van der Waals surface area (Å²) in [7, 11) is 0. The van der Waals surface area contributed by atoms with Crippen molar-refractivity contribution in [1.29, 1.82) is 0 Å². The third-order valence-corrected chi connectivity index (χ3v) is 4.58. The normalized spacial score (nSPS) is 11.1. The zero-order valence-electron chi connectivity index (χ0n) is 10.8. The predicted molar refractivity (Wildman–Crippen MR) is 87.0 cm³/mol. The van der Waals surface area contributed by atoms with E-state index in [4.69, 9.17) is 0 Å². The molecule has 2 heterocycles. The van der Waals surface area contributed by atoms with Gasteiger partial charge in [0.15, 0.2) is 0 Å². The number of pyridine rings is 1. The maximum Gasteiger partial charge on any atom is 0.0949 e. The number of nitrogens with zero attached hydrogens (tertiary/aromatic N) is 2. The Hall–Kier alpha value is -1.30. The fourth-order valence-corrected chi connectivity index (χ4v) is 3.36. The Balaban J connectivity index is 1.54. The number of aromatic nitrogens is 2. The smallest absolute Gasteiger partial charge is 0.0949 e. The Morgan fingerprint density at radius 3 is 3.00 bits per heavy atom. The fourth-order valence-electron chi connectivity index (χ4n) is 2.05. The third kappa shape index (κ3) is 3.42. The van der Waals surface area contributed by atoms with Gasteiger partial charge < -0.3 is 5.32 Å². The number of hydrogen-bond donors (Lipinski definition) is 1. The van der Waals surface area contributed by atoms with Crippen molar-refractivity contribution in [2.45, 2.75) is 13.0 Å². The van der Waals surface area contributed by atoms with Crippen LogP contribution in [0.4, 0.5) is 0 Å². The number of benzene rings is 1. The van der Waals surface area contributed by atoms with Crippen LogP contribution >= 0.6 is 27.3 Å². The van der Waals surface area contributed by atoms with Crippen LogP contribution in [-0.4, -0.2) is 16.5 Å². The molecule has 0 spiro atoms. The predicted octanol–water partition coefficient (Wildman–Crippen LogP) is 3.79. The molecule has 0 saturated carbocycles. The summed E-state index contributed by atoms with van der Waals surface area (Å²) in [6, 6.07) is 10.5. The topological polar surface area (TPSA) is 37.8 Å². The molecular formula is C15H14BrN3S. The Morgan fingerprint density at radius 2 is 2.15 bits per heavy atom. The van der Waals surface area contributed by atoms with E-state index in [1.54, 1.807) is 11.3 Å². The van der Waals surface area contributed by atoms with Gasteiger partial charge in [-0.25, -0.2) is 4.98 Å². The maximum atomic E-state index is 4.38. The average molecular weight is 348 g/mol. The number of fused-ring (bicyclic) bond motifs is 1. The van der Waals surface area contributed by atoms with Crippen LogP contribution in [0.3, 0.4) is 0 Å². The van der Waals surface area contributed by atoms with Gasteiger partial charge in [0.1, 0.15) is 0 Å². The van der Waals surface area contributed by atoms with Gasteiger partial charge in [0, 0.05) is 31.1 Å². The van der Waals surface area contributed by atoms with Crippen LogP contribution in [-0.2, 0) is 13.0 Å². The van der Waals surface area contributed by atoms with Crippen molar-refractivity contribution in [3.05, 3.63) is 57.1 Å². The lowest BCUT2D eigenvalue weighted by Gasteiger charge is -2.05. The maximum absolute atomic E-state index is 4.38. The number of halogens is 1. The van der Waals surface area contributed by atoms with E-state index in [1.807, 2.05) is 18.5 Å². The summed E-state index contributed by atoms with van der Waals surface area (Å²) in [6.45, 7) is 1.79. The summed E-state index contributed by atoms with van der Waals surface area (Å²) < 4.78 is 1.09. The van der Waals surface area contributed by atoms with Gasteiger partial charge in [-0.05, 0) is 33.6 Å². The monoisotopic (exact) mass is 347 g/mol. The highest BCUT2D eigenvalue weighted by Crippen LogP contribution is 2.19. The molecule has 0 bridgehead atoms. The minimum absolute atomic E-state index is 0.860. The van der Waals surface area contributed by atoms with Crippen molar-refractivity contribution in [3.63, 3.8) is 0 Å². The Kier molecular flexibility index (Phi) is 4.40. The molecule has 0 unspecified atom stereocenters. The van der Waals surface area contributed by atoms with E-state index < -0.39 is 0 Å². The van der Waals surface area contributed by atoms with Crippen LogP contribution in [0.15, 0.2) is 46.5 Å². The van der Waals surface area contributed by atoms with Crippen LogP contribution in [0.1, 0.15) is 10.6 Å². The zero-order valence-corrected chi connectivity index (χ0v) is 13.2. The van der Waals surface area contributed by atoms with Gasteiger partial charge in [-0.15, -0.1) is 11.3 Å². The van der Waals surface area contributed by atoms with E-state index in [0.717, 1.165) is 33.8 Å². The van der Waals surface area contributed by atoms with Gasteiger partial charge in [0.2, 0.25) is 0 Å². The Labute approximate surface area is 130 Å². The summed E-state index contributed by atoms with van der Waals surface area (Å²) in [5.41, 5.74) is 2.31. The van der Waals surface area contributed by atoms with Gasteiger partial charge >= 0.3 is 0 Å². The molecule has 5 heteroatoms. The molecule has 1 N–H and O–H groups in total. The summed E-state index contributed by atoms with van der Waals surface area (Å²) in [5, 5.41) is 5.79. The second-order valence-electron chi connectivity index (χ2n) is 4.52. The molecule has 102 valence electrons. The molecule has 3 aromatic rings. The van der Waals surface area contributed by atoms with E-state index in [0.29, 0.717) is 0 Å². The van der Waals surface area contributed by atoms with E-state index in [-0.39, 0.29) is 0 Å². The molecule has 0 aliphatic carbocycles. The van der Waals surface area contributed by atoms with E-state index in [1.165, 1.54) is 10.9 Å². The molecule has 3 rings (SSSR count). The lowest BCUT2D eigenvalue weighted by molar-refractivity contribution is 0.685. The molecule has 0 radical (unpaired) electrons. The highest BCUT2D eigenvalue weighted by atomic mass is 79.9. The largest absolute Gasteiger partial charge is 0.312 e. The van der Waals surface area contributed by atoms with Gasteiger partial charge in [0.05, 0.1) is 20.5 Å². The summed E-state index contributed by atoms with van der Waals surface area (Å²) in [6.07, 6.45) is 4.65. The lowest BCUT2D eigenvalue weighted by Crippen LogP contribution is -2.16. The molecular weight excluding hydrogens is 334 g/mol. The van der Waals surface area contributed by atoms with Crippen molar-refractivity contribution in [1.82, 2.24) is 15.3 Å². The molecule has 2 aromatic heterocycles. The molecule has 1 aromatic carbocycles. The van der Waals surface area contributed by atoms with Crippen LogP contribution in [0.5, 0.6) is 0 Å². The van der Waals surface area contributed by atoms with E-state index in [2.05, 4.69) is 55.5 Å². The van der Waals surface area contributed by atoms with Gasteiger partial charge in [-0.3, -0.25) is 4.98 Å². The second kappa shape index (κ2) is 6.43. The minimum atomic E-state index is 0.860. The first kappa shape index (κ1) is 13.7. The molecule has 0 amide bonds. The van der Waals surface area contributed by atoms with E-state index in [9.17, 15) is 0 Å². The molecule has 0 saturated heterocycles. The minimum Gasteiger partial charge on any atom is -0.312 e. The van der Waals surface area contributed by atoms with Crippen LogP contribution in [0.25, 0.3) is 10.9 Å². The molecule has 0 fully saturated rings. The third-order valence-electron chi connectivity index (χ3n) is 3.04. The highest BCUT2D eigenvalue weighted by Gasteiger charge is 2.00. The van der Waals surface area contributed by atoms with Crippen molar-refractivity contribution >= 4 is 38.2 Å². The van der Waals surface area contributed by atoms with Crippen LogP contribution < -0.4 is 5.32 Å². The van der Waals surface area contributed by atoms with E-state index >= 15 is 0 Å². The standard InChI is InChI=1S/C15H14BrN3S/c16-14-10-19-15(20-14)5-7-17-9-11-3-4-12-2-1-6-18-13(12)8-11/h1-4,6,8,10,17H,5,7,9H2. The molecule has 20 heavy (non-hydrogen) atoms. The number of thiazole rings is 1. The second-order valence-corrected chi connectivity index (χ2v) is 7.01. The summed E-state index contributed by atoms with van der Waals surface area (Å²) >= 11 is 5.12.